The fourth-order valence-corrected chi connectivity index (χ4v) is 4.55. The number of piperidine rings is 1. The zero-order valence-electron chi connectivity index (χ0n) is 22.6. The molecule has 1 aliphatic rings. The number of anilines is 3. The summed E-state index contributed by atoms with van der Waals surface area (Å²) in [4.78, 5) is 36.0. The van der Waals surface area contributed by atoms with E-state index in [1.165, 1.54) is 10.5 Å². The summed E-state index contributed by atoms with van der Waals surface area (Å²) in [6.45, 7) is 6.62. The minimum absolute atomic E-state index is 0.0473. The zero-order chi connectivity index (χ0) is 27.3. The van der Waals surface area contributed by atoms with Crippen LogP contribution in [-0.2, 0) is 22.7 Å². The van der Waals surface area contributed by atoms with Gasteiger partial charge in [0.2, 0.25) is 12.3 Å². The number of likely N-dealkylation sites (tertiary alicyclic amines) is 1. The highest BCUT2D eigenvalue weighted by molar-refractivity contribution is 5.85. The van der Waals surface area contributed by atoms with Crippen LogP contribution in [0, 0.1) is 5.92 Å². The van der Waals surface area contributed by atoms with Crippen LogP contribution in [0.25, 0.3) is 0 Å². The number of rotatable bonds is 15. The van der Waals surface area contributed by atoms with Gasteiger partial charge >= 0.3 is 6.01 Å². The molecular formula is C27H42N8O3. The Bertz CT molecular complexity index is 1030. The maximum atomic E-state index is 12.1. The topological polar surface area (TPSA) is 152 Å². The molecule has 2 aromatic rings. The van der Waals surface area contributed by atoms with Crippen LogP contribution < -0.4 is 31.7 Å². The van der Waals surface area contributed by atoms with Gasteiger partial charge in [-0.3, -0.25) is 19.4 Å². The number of nitrogens with two attached hydrogens (primary N) is 2. The monoisotopic (exact) mass is 526 g/mol. The molecule has 208 valence electrons. The highest BCUT2D eigenvalue weighted by Gasteiger charge is 2.20. The molecule has 1 aromatic heterocycles. The molecule has 2 heterocycles. The molecule has 6 N–H and O–H groups in total. The normalized spacial score (nSPS) is 14.2. The van der Waals surface area contributed by atoms with Crippen molar-refractivity contribution < 1.29 is 14.3 Å². The van der Waals surface area contributed by atoms with Crippen molar-refractivity contribution in [1.82, 2.24) is 20.2 Å². The number of unbranched alkanes of at least 4 members (excludes halogenated alkanes) is 1. The maximum Gasteiger partial charge on any atom is 0.320 e. The SMILES string of the molecule is CCCCOc1nc(N)c(NC)c(N(C=O)Cc2ccc(CN3CCC(CCNC(=O)CN)CC3)cc2)n1. The van der Waals surface area contributed by atoms with Crippen molar-refractivity contribution in [1.29, 1.82) is 0 Å². The van der Waals surface area contributed by atoms with Crippen molar-refractivity contribution in [3.63, 3.8) is 0 Å². The van der Waals surface area contributed by atoms with Crippen molar-refractivity contribution >= 4 is 29.6 Å². The predicted molar refractivity (Wildman–Crippen MR) is 150 cm³/mol. The molecule has 1 aromatic carbocycles. The zero-order valence-corrected chi connectivity index (χ0v) is 22.6. The van der Waals surface area contributed by atoms with E-state index in [9.17, 15) is 9.59 Å². The lowest BCUT2D eigenvalue weighted by Gasteiger charge is -2.32. The van der Waals surface area contributed by atoms with E-state index in [-0.39, 0.29) is 24.3 Å². The van der Waals surface area contributed by atoms with Gasteiger partial charge in [-0.1, -0.05) is 37.6 Å². The molecule has 38 heavy (non-hydrogen) atoms. The first-order valence-corrected chi connectivity index (χ1v) is 13.4. The number of ether oxygens (including phenoxy) is 1. The van der Waals surface area contributed by atoms with E-state index in [0.29, 0.717) is 37.1 Å². The van der Waals surface area contributed by atoms with E-state index in [4.69, 9.17) is 16.2 Å². The number of hydrogen-bond donors (Lipinski definition) is 4. The largest absolute Gasteiger partial charge is 0.463 e. The summed E-state index contributed by atoms with van der Waals surface area (Å²) in [5.74, 6) is 1.16. The van der Waals surface area contributed by atoms with E-state index < -0.39 is 0 Å². The Labute approximate surface area is 225 Å². The van der Waals surface area contributed by atoms with Gasteiger partial charge in [0.25, 0.3) is 0 Å². The van der Waals surface area contributed by atoms with Gasteiger partial charge in [-0.05, 0) is 55.8 Å². The first-order valence-electron chi connectivity index (χ1n) is 13.4. The summed E-state index contributed by atoms with van der Waals surface area (Å²) < 4.78 is 5.64. The van der Waals surface area contributed by atoms with Crippen LogP contribution in [0.5, 0.6) is 6.01 Å². The Kier molecular flexibility index (Phi) is 11.6. The molecule has 0 aliphatic carbocycles. The fraction of sp³-hybridized carbons (Fsp3) is 0.556. The van der Waals surface area contributed by atoms with Crippen LogP contribution >= 0.6 is 0 Å². The fourth-order valence-electron chi connectivity index (χ4n) is 4.55. The first kappa shape index (κ1) is 29.1. The van der Waals surface area contributed by atoms with E-state index >= 15 is 0 Å². The third-order valence-corrected chi connectivity index (χ3v) is 6.83. The van der Waals surface area contributed by atoms with Gasteiger partial charge in [-0.15, -0.1) is 0 Å². The van der Waals surface area contributed by atoms with Gasteiger partial charge in [0.1, 0.15) is 5.69 Å². The number of aromatic nitrogens is 2. The molecule has 0 spiro atoms. The predicted octanol–water partition coefficient (Wildman–Crippen LogP) is 2.12. The van der Waals surface area contributed by atoms with Crippen LogP contribution in [0.3, 0.4) is 0 Å². The third kappa shape index (κ3) is 8.56. The lowest BCUT2D eigenvalue weighted by molar-refractivity contribution is -0.119. The molecule has 2 amide bonds. The highest BCUT2D eigenvalue weighted by atomic mass is 16.5. The molecule has 0 bridgehead atoms. The molecule has 3 rings (SSSR count). The number of carbonyl (C=O) groups excluding carboxylic acids is 2. The second-order valence-corrected chi connectivity index (χ2v) is 9.65. The second-order valence-electron chi connectivity index (χ2n) is 9.65. The summed E-state index contributed by atoms with van der Waals surface area (Å²) >= 11 is 0. The van der Waals surface area contributed by atoms with Crippen molar-refractivity contribution in [2.24, 2.45) is 11.7 Å². The van der Waals surface area contributed by atoms with E-state index in [1.54, 1.807) is 7.05 Å². The van der Waals surface area contributed by atoms with E-state index in [2.05, 4.69) is 44.6 Å². The Morgan fingerprint density at radius 2 is 1.92 bits per heavy atom. The van der Waals surface area contributed by atoms with Crippen molar-refractivity contribution in [3.8, 4) is 6.01 Å². The summed E-state index contributed by atoms with van der Waals surface area (Å²) in [5, 5.41) is 5.86. The number of nitrogens with zero attached hydrogens (tertiary/aromatic N) is 4. The van der Waals surface area contributed by atoms with Crippen LogP contribution in [0.4, 0.5) is 17.3 Å². The summed E-state index contributed by atoms with van der Waals surface area (Å²) in [6.07, 6.45) is 5.88. The minimum Gasteiger partial charge on any atom is -0.463 e. The average Bonchev–Trinajstić information content (AvgIpc) is 2.93. The maximum absolute atomic E-state index is 12.1. The van der Waals surface area contributed by atoms with Gasteiger partial charge in [0.15, 0.2) is 11.6 Å². The number of nitrogen functional groups attached to an aromatic ring is 1. The molecule has 0 atom stereocenters. The molecule has 0 unspecified atom stereocenters. The molecule has 1 fully saturated rings. The molecule has 0 saturated carbocycles. The van der Waals surface area contributed by atoms with Crippen molar-refractivity contribution in [2.75, 3.05) is 55.8 Å². The average molecular weight is 527 g/mol. The Balaban J connectivity index is 1.55. The molecule has 11 heteroatoms. The summed E-state index contributed by atoms with van der Waals surface area (Å²) in [7, 11) is 1.72. The standard InChI is InChI=1S/C27H42N8O3/c1-3-4-15-38-27-32-25(29)24(30-2)26(33-27)35(19-36)18-22-7-5-21(6-8-22)17-34-13-10-20(11-14-34)9-12-31-23(37)16-28/h5-8,19-20,30H,3-4,9-18,28H2,1-2H3,(H,31,37)(H2,29,32,33). The van der Waals surface area contributed by atoms with Crippen LogP contribution in [0.1, 0.15) is 50.2 Å². The van der Waals surface area contributed by atoms with E-state index in [0.717, 1.165) is 63.7 Å². The lowest BCUT2D eigenvalue weighted by atomic mass is 9.93. The lowest BCUT2D eigenvalue weighted by Crippen LogP contribution is -2.36. The molecular weight excluding hydrogens is 484 g/mol. The number of carbonyl (C=O) groups is 2. The smallest absolute Gasteiger partial charge is 0.320 e. The number of nitrogens with one attached hydrogen (secondary N) is 2. The number of hydrogen-bond acceptors (Lipinski definition) is 9. The molecule has 0 radical (unpaired) electrons. The van der Waals surface area contributed by atoms with Gasteiger partial charge in [-0.25, -0.2) is 0 Å². The molecule has 1 saturated heterocycles. The van der Waals surface area contributed by atoms with Gasteiger partial charge in [0.05, 0.1) is 19.7 Å². The van der Waals surface area contributed by atoms with Gasteiger partial charge < -0.3 is 26.8 Å². The molecule has 11 nitrogen and oxygen atoms in total. The quantitative estimate of drug-likeness (QED) is 0.202. The Morgan fingerprint density at radius 1 is 1.21 bits per heavy atom. The first-order chi connectivity index (χ1) is 18.5. The van der Waals surface area contributed by atoms with Crippen LogP contribution in [0.2, 0.25) is 0 Å². The van der Waals surface area contributed by atoms with Crippen molar-refractivity contribution in [2.45, 2.75) is 52.1 Å². The minimum atomic E-state index is -0.0908. The van der Waals surface area contributed by atoms with Crippen LogP contribution in [-0.4, -0.2) is 67.0 Å². The summed E-state index contributed by atoms with van der Waals surface area (Å²) in [5.41, 5.74) is 14.2. The third-order valence-electron chi connectivity index (χ3n) is 6.83. The van der Waals surface area contributed by atoms with Gasteiger partial charge in [-0.2, -0.15) is 9.97 Å². The second kappa shape index (κ2) is 15.1. The van der Waals surface area contributed by atoms with Crippen molar-refractivity contribution in [3.05, 3.63) is 35.4 Å². The Morgan fingerprint density at radius 3 is 2.55 bits per heavy atom. The van der Waals surface area contributed by atoms with E-state index in [1.807, 2.05) is 12.1 Å². The highest BCUT2D eigenvalue weighted by Crippen LogP contribution is 2.31. The molecule has 1 aliphatic heterocycles. The van der Waals surface area contributed by atoms with Gasteiger partial charge in [0, 0.05) is 20.1 Å². The Hall–Kier alpha value is -3.44. The number of amides is 2. The number of benzene rings is 1. The summed E-state index contributed by atoms with van der Waals surface area (Å²) in [6, 6.07) is 8.47. The van der Waals surface area contributed by atoms with Crippen LogP contribution in [0.15, 0.2) is 24.3 Å².